The number of ether oxygens (including phenoxy) is 1. The van der Waals surface area contributed by atoms with Crippen molar-refractivity contribution in [2.75, 3.05) is 6.73 Å². The van der Waals surface area contributed by atoms with E-state index in [2.05, 4.69) is 18.9 Å². The van der Waals surface area contributed by atoms with Gasteiger partial charge in [0.25, 0.3) is 0 Å². The van der Waals surface area contributed by atoms with Crippen LogP contribution in [0.4, 0.5) is 0 Å². The van der Waals surface area contributed by atoms with E-state index in [1.165, 1.54) is 5.01 Å². The first-order valence-electron chi connectivity index (χ1n) is 8.94. The monoisotopic (exact) mass is 356 g/mol. The van der Waals surface area contributed by atoms with Gasteiger partial charge in [-0.3, -0.25) is 9.59 Å². The first-order valence-corrected chi connectivity index (χ1v) is 8.94. The summed E-state index contributed by atoms with van der Waals surface area (Å²) in [5.74, 6) is -0.324. The highest BCUT2D eigenvalue weighted by atomic mass is 16.5. The van der Waals surface area contributed by atoms with Crippen molar-refractivity contribution in [3.63, 3.8) is 0 Å². The molecule has 3 heterocycles. The van der Waals surface area contributed by atoms with Gasteiger partial charge in [-0.15, -0.1) is 0 Å². The number of aromatic nitrogens is 2. The van der Waals surface area contributed by atoms with Crippen molar-refractivity contribution in [2.45, 2.75) is 46.5 Å². The summed E-state index contributed by atoms with van der Waals surface area (Å²) in [4.78, 5) is 23.7. The number of nitrogens with zero attached hydrogens (tertiary/aromatic N) is 4. The molecule has 2 aromatic rings. The Labute approximate surface area is 152 Å². The summed E-state index contributed by atoms with van der Waals surface area (Å²) >= 11 is 0. The minimum absolute atomic E-state index is 0.0358. The van der Waals surface area contributed by atoms with E-state index in [0.29, 0.717) is 6.42 Å². The van der Waals surface area contributed by atoms with Crippen LogP contribution < -0.4 is 0 Å². The quantitative estimate of drug-likeness (QED) is 0.772. The smallest absolute Gasteiger partial charge is 0.307 e. The van der Waals surface area contributed by atoms with Gasteiger partial charge in [-0.25, -0.2) is 4.52 Å². The molecule has 0 N–H and O–H groups in total. The number of carbonyl (C=O) groups is 2. The maximum absolute atomic E-state index is 12.3. The van der Waals surface area contributed by atoms with Gasteiger partial charge in [0, 0.05) is 30.5 Å². The highest BCUT2D eigenvalue weighted by molar-refractivity contribution is 6.11. The first kappa shape index (κ1) is 18.1. The van der Waals surface area contributed by atoms with Crippen LogP contribution in [-0.2, 0) is 14.3 Å². The molecule has 0 spiro atoms. The molecule has 0 bridgehead atoms. The lowest BCUT2D eigenvalue weighted by molar-refractivity contribution is -0.153. The molecule has 0 aliphatic carbocycles. The second kappa shape index (κ2) is 7.27. The first-order chi connectivity index (χ1) is 12.4. The van der Waals surface area contributed by atoms with E-state index in [0.717, 1.165) is 22.5 Å². The highest BCUT2D eigenvalue weighted by Crippen LogP contribution is 2.29. The second-order valence-corrected chi connectivity index (χ2v) is 6.83. The Morgan fingerprint density at radius 3 is 2.85 bits per heavy atom. The van der Waals surface area contributed by atoms with Gasteiger partial charge < -0.3 is 4.74 Å². The van der Waals surface area contributed by atoms with Gasteiger partial charge in [0.2, 0.25) is 5.91 Å². The summed E-state index contributed by atoms with van der Waals surface area (Å²) in [5, 5.41) is 10.5. The zero-order chi connectivity index (χ0) is 18.8. The maximum Gasteiger partial charge on any atom is 0.307 e. The second-order valence-electron chi connectivity index (χ2n) is 6.83. The van der Waals surface area contributed by atoms with Crippen LogP contribution in [0.5, 0.6) is 0 Å². The fourth-order valence-corrected chi connectivity index (χ4v) is 3.06. The third-order valence-electron chi connectivity index (χ3n) is 4.47. The van der Waals surface area contributed by atoms with Crippen LogP contribution in [0.2, 0.25) is 0 Å². The van der Waals surface area contributed by atoms with Crippen LogP contribution in [0, 0.1) is 5.92 Å². The van der Waals surface area contributed by atoms with Crippen LogP contribution >= 0.6 is 0 Å². The Kier molecular flexibility index (Phi) is 5.06. The Morgan fingerprint density at radius 1 is 1.38 bits per heavy atom. The molecule has 3 rings (SSSR count). The molecule has 0 saturated carbocycles. The lowest BCUT2D eigenvalue weighted by Gasteiger charge is -2.27. The zero-order valence-corrected chi connectivity index (χ0v) is 15.6. The normalized spacial score (nSPS) is 17.7. The molecule has 1 aliphatic rings. The summed E-state index contributed by atoms with van der Waals surface area (Å²) in [5.41, 5.74) is 3.68. The Hall–Kier alpha value is -2.70. The predicted octanol–water partition coefficient (Wildman–Crippen LogP) is 2.94. The molecule has 138 valence electrons. The zero-order valence-electron chi connectivity index (χ0n) is 15.6. The minimum Gasteiger partial charge on any atom is -0.442 e. The van der Waals surface area contributed by atoms with E-state index in [4.69, 9.17) is 9.84 Å². The number of hydrazone groups is 1. The SMILES string of the molecule is CCC(=O)OCN1N=C(c2c(C(C)C)nn3ccccc23)[C@H](C)CC1=O. The largest absolute Gasteiger partial charge is 0.442 e. The molecule has 0 radical (unpaired) electrons. The topological polar surface area (TPSA) is 76.3 Å². The van der Waals surface area contributed by atoms with Gasteiger partial charge in [-0.1, -0.05) is 33.8 Å². The van der Waals surface area contributed by atoms with Gasteiger partial charge >= 0.3 is 5.97 Å². The molecule has 7 heteroatoms. The number of carbonyl (C=O) groups excluding carboxylic acids is 2. The molecule has 1 amide bonds. The van der Waals surface area contributed by atoms with Crippen LogP contribution in [0.25, 0.3) is 5.52 Å². The average Bonchev–Trinajstić information content (AvgIpc) is 3.00. The molecule has 26 heavy (non-hydrogen) atoms. The van der Waals surface area contributed by atoms with Crippen molar-refractivity contribution in [3.05, 3.63) is 35.7 Å². The van der Waals surface area contributed by atoms with Crippen LogP contribution in [-0.4, -0.2) is 38.9 Å². The lowest BCUT2D eigenvalue weighted by Crippen LogP contribution is -2.38. The molecular formula is C19H24N4O3. The molecule has 1 aliphatic heterocycles. The van der Waals surface area contributed by atoms with E-state index in [1.807, 2.05) is 35.8 Å². The number of hydrogen-bond donors (Lipinski definition) is 0. The summed E-state index contributed by atoms with van der Waals surface area (Å²) in [7, 11) is 0. The molecule has 0 unspecified atom stereocenters. The molecule has 1 atom stereocenters. The number of rotatable bonds is 5. The molecular weight excluding hydrogens is 332 g/mol. The predicted molar refractivity (Wildman–Crippen MR) is 97.7 cm³/mol. The van der Waals surface area contributed by atoms with E-state index in [-0.39, 0.29) is 36.9 Å². The van der Waals surface area contributed by atoms with Gasteiger partial charge in [0.1, 0.15) is 0 Å². The van der Waals surface area contributed by atoms with Crippen LogP contribution in [0.1, 0.15) is 57.7 Å². The van der Waals surface area contributed by atoms with E-state index >= 15 is 0 Å². The fourth-order valence-electron chi connectivity index (χ4n) is 3.06. The Morgan fingerprint density at radius 2 is 2.15 bits per heavy atom. The fraction of sp³-hybridized carbons (Fsp3) is 0.474. The third-order valence-corrected chi connectivity index (χ3v) is 4.47. The molecule has 0 aromatic carbocycles. The summed E-state index contributed by atoms with van der Waals surface area (Å²) in [6, 6.07) is 5.89. The maximum atomic E-state index is 12.3. The third kappa shape index (κ3) is 3.34. The number of esters is 1. The van der Waals surface area contributed by atoms with Crippen molar-refractivity contribution in [3.8, 4) is 0 Å². The van der Waals surface area contributed by atoms with Crippen molar-refractivity contribution in [1.82, 2.24) is 14.6 Å². The number of amides is 1. The van der Waals surface area contributed by atoms with Crippen LogP contribution in [0.15, 0.2) is 29.5 Å². The number of hydrogen-bond acceptors (Lipinski definition) is 5. The molecule has 0 fully saturated rings. The van der Waals surface area contributed by atoms with Crippen molar-refractivity contribution in [1.29, 1.82) is 0 Å². The Bertz CT molecular complexity index is 869. The van der Waals surface area contributed by atoms with Gasteiger partial charge in [-0.2, -0.15) is 15.2 Å². The minimum atomic E-state index is -0.355. The number of pyridine rings is 1. The van der Waals surface area contributed by atoms with E-state index in [9.17, 15) is 9.59 Å². The van der Waals surface area contributed by atoms with Gasteiger partial charge in [-0.05, 0) is 18.1 Å². The van der Waals surface area contributed by atoms with Crippen molar-refractivity contribution < 1.29 is 14.3 Å². The Balaban J connectivity index is 2.06. The standard InChI is InChI=1S/C19H24N4O3/c1-5-16(25)26-11-23-15(24)10-13(4)19(21-23)17-14-8-6-7-9-22(14)20-18(17)12(2)3/h6-9,12-13H,5,10-11H2,1-4H3/t13-/m1/s1. The summed E-state index contributed by atoms with van der Waals surface area (Å²) < 4.78 is 6.95. The van der Waals surface area contributed by atoms with Crippen molar-refractivity contribution in [2.24, 2.45) is 11.0 Å². The molecule has 2 aromatic heterocycles. The summed E-state index contributed by atoms with van der Waals surface area (Å²) in [6.45, 7) is 7.72. The van der Waals surface area contributed by atoms with E-state index < -0.39 is 0 Å². The van der Waals surface area contributed by atoms with Gasteiger partial charge in [0.05, 0.1) is 16.9 Å². The van der Waals surface area contributed by atoms with Gasteiger partial charge in [0.15, 0.2) is 6.73 Å². The lowest BCUT2D eigenvalue weighted by atomic mass is 9.90. The summed E-state index contributed by atoms with van der Waals surface area (Å²) in [6.07, 6.45) is 2.50. The average molecular weight is 356 g/mol. The van der Waals surface area contributed by atoms with E-state index in [1.54, 1.807) is 6.92 Å². The number of fused-ring (bicyclic) bond motifs is 1. The molecule has 7 nitrogen and oxygen atoms in total. The molecule has 0 saturated heterocycles. The van der Waals surface area contributed by atoms with Crippen LogP contribution in [0.3, 0.4) is 0 Å². The highest BCUT2D eigenvalue weighted by Gasteiger charge is 2.31. The van der Waals surface area contributed by atoms with Crippen molar-refractivity contribution >= 4 is 23.1 Å².